The molecular formula is C49H36N2O. The highest BCUT2D eigenvalue weighted by Crippen LogP contribution is 2.36. The molecule has 0 fully saturated rings. The number of rotatable bonds is 6. The first kappa shape index (κ1) is 31.4. The summed E-state index contributed by atoms with van der Waals surface area (Å²) in [5, 5.41) is 2.24. The van der Waals surface area contributed by atoms with Crippen molar-refractivity contribution in [2.24, 2.45) is 9.98 Å². The lowest BCUT2D eigenvalue weighted by Crippen LogP contribution is -2.10. The van der Waals surface area contributed by atoms with Gasteiger partial charge in [-0.15, -0.1) is 0 Å². The van der Waals surface area contributed by atoms with Crippen molar-refractivity contribution in [3.05, 3.63) is 198 Å². The number of fused-ring (bicyclic) bond motifs is 3. The molecule has 0 bridgehead atoms. The average Bonchev–Trinajstić information content (AvgIpc) is 3.58. The minimum Gasteiger partial charge on any atom is -0.456 e. The Morgan fingerprint density at radius 2 is 0.885 bits per heavy atom. The van der Waals surface area contributed by atoms with Crippen LogP contribution in [0.1, 0.15) is 36.5 Å². The van der Waals surface area contributed by atoms with Crippen LogP contribution in [-0.4, -0.2) is 11.5 Å². The lowest BCUT2D eigenvalue weighted by Gasteiger charge is -2.18. The maximum Gasteiger partial charge on any atom is 0.160 e. The predicted octanol–water partition coefficient (Wildman–Crippen LogP) is 13.0. The van der Waals surface area contributed by atoms with Crippen molar-refractivity contribution in [1.29, 1.82) is 0 Å². The van der Waals surface area contributed by atoms with Gasteiger partial charge in [0.2, 0.25) is 0 Å². The monoisotopic (exact) mass is 668 g/mol. The van der Waals surface area contributed by atoms with Crippen LogP contribution < -0.4 is 0 Å². The summed E-state index contributed by atoms with van der Waals surface area (Å²) in [5.41, 5.74) is 15.0. The molecule has 1 aliphatic rings. The number of benzene rings is 7. The minimum absolute atomic E-state index is 0.694. The van der Waals surface area contributed by atoms with Crippen LogP contribution in [-0.2, 0) is 0 Å². The maximum atomic E-state index is 6.30. The van der Waals surface area contributed by atoms with Gasteiger partial charge in [-0.1, -0.05) is 140 Å². The van der Waals surface area contributed by atoms with E-state index in [1.165, 1.54) is 22.3 Å². The van der Waals surface area contributed by atoms with Crippen LogP contribution in [0.5, 0.6) is 0 Å². The first-order valence-corrected chi connectivity index (χ1v) is 17.9. The Morgan fingerprint density at radius 1 is 0.385 bits per heavy atom. The summed E-state index contributed by atoms with van der Waals surface area (Å²) in [7, 11) is 0. The summed E-state index contributed by atoms with van der Waals surface area (Å²) in [4.78, 5) is 10.9. The maximum absolute atomic E-state index is 6.30. The van der Waals surface area contributed by atoms with Crippen LogP contribution in [0.2, 0.25) is 0 Å². The summed E-state index contributed by atoms with van der Waals surface area (Å²) in [6, 6.07) is 61.8. The van der Waals surface area contributed by atoms with Gasteiger partial charge >= 0.3 is 0 Å². The number of nitrogens with zero attached hydrogens (tertiary/aromatic N) is 2. The molecule has 1 aromatic heterocycles. The lowest BCUT2D eigenvalue weighted by atomic mass is 9.92. The van der Waals surface area contributed by atoms with Crippen LogP contribution in [0, 0.1) is 0 Å². The molecular weight excluding hydrogens is 633 g/mol. The van der Waals surface area contributed by atoms with E-state index in [2.05, 4.69) is 165 Å². The third-order valence-corrected chi connectivity index (χ3v) is 9.98. The summed E-state index contributed by atoms with van der Waals surface area (Å²) < 4.78 is 6.30. The van der Waals surface area contributed by atoms with Gasteiger partial charge in [-0.25, -0.2) is 9.98 Å². The number of para-hydroxylation sites is 1. The van der Waals surface area contributed by atoms with Gasteiger partial charge in [-0.05, 0) is 101 Å². The van der Waals surface area contributed by atoms with E-state index in [-0.39, 0.29) is 0 Å². The third kappa shape index (κ3) is 6.18. The molecule has 0 aliphatic carbocycles. The molecule has 7 aromatic carbocycles. The zero-order valence-electron chi connectivity index (χ0n) is 29.0. The van der Waals surface area contributed by atoms with Crippen LogP contribution in [0.4, 0.5) is 0 Å². The summed E-state index contributed by atoms with van der Waals surface area (Å²) >= 11 is 0. The fourth-order valence-electron chi connectivity index (χ4n) is 7.19. The van der Waals surface area contributed by atoms with Crippen molar-refractivity contribution in [2.45, 2.75) is 19.8 Å². The molecule has 1 aliphatic heterocycles. The molecule has 3 heteroatoms. The molecule has 0 saturated carbocycles. The van der Waals surface area contributed by atoms with Crippen LogP contribution in [0.25, 0.3) is 61.0 Å². The smallest absolute Gasteiger partial charge is 0.160 e. The van der Waals surface area contributed by atoms with E-state index in [4.69, 9.17) is 14.4 Å². The molecule has 0 atom stereocenters. The molecule has 0 unspecified atom stereocenters. The van der Waals surface area contributed by atoms with Crippen molar-refractivity contribution < 1.29 is 4.42 Å². The molecule has 2 heterocycles. The van der Waals surface area contributed by atoms with E-state index in [1.54, 1.807) is 0 Å². The topological polar surface area (TPSA) is 37.9 Å². The number of hydrogen-bond acceptors (Lipinski definition) is 3. The second kappa shape index (κ2) is 13.6. The van der Waals surface area contributed by atoms with Crippen LogP contribution in [0.15, 0.2) is 196 Å². The highest BCUT2D eigenvalue weighted by atomic mass is 16.3. The first-order chi connectivity index (χ1) is 25.7. The lowest BCUT2D eigenvalue weighted by molar-refractivity contribution is 0.669. The molecule has 248 valence electrons. The Hall–Kier alpha value is -6.58. The van der Waals surface area contributed by atoms with Gasteiger partial charge in [0, 0.05) is 21.9 Å². The van der Waals surface area contributed by atoms with E-state index in [9.17, 15) is 0 Å². The van der Waals surface area contributed by atoms with Gasteiger partial charge in [-0.2, -0.15) is 0 Å². The molecule has 0 amide bonds. The van der Waals surface area contributed by atoms with Crippen LogP contribution >= 0.6 is 0 Å². The van der Waals surface area contributed by atoms with Crippen molar-refractivity contribution in [3.8, 4) is 33.4 Å². The molecule has 0 N–H and O–H groups in total. The molecule has 52 heavy (non-hydrogen) atoms. The normalized spacial score (nSPS) is 16.9. The van der Waals surface area contributed by atoms with E-state index in [0.29, 0.717) is 5.84 Å². The van der Waals surface area contributed by atoms with Crippen molar-refractivity contribution in [1.82, 2.24) is 0 Å². The number of furan rings is 1. The van der Waals surface area contributed by atoms with Gasteiger partial charge < -0.3 is 4.42 Å². The minimum atomic E-state index is 0.694. The number of aliphatic imine (C=N–C) groups is 2. The summed E-state index contributed by atoms with van der Waals surface area (Å²) in [6.07, 6.45) is 1.60. The van der Waals surface area contributed by atoms with Gasteiger partial charge in [0.05, 0.1) is 11.4 Å². The summed E-state index contributed by atoms with van der Waals surface area (Å²) in [6.45, 7) is 2.22. The first-order valence-electron chi connectivity index (χ1n) is 17.9. The second-order valence-electron chi connectivity index (χ2n) is 13.4. The molecule has 8 aromatic rings. The van der Waals surface area contributed by atoms with E-state index in [1.807, 2.05) is 18.2 Å². The quantitative estimate of drug-likeness (QED) is 0.174. The van der Waals surface area contributed by atoms with Gasteiger partial charge in [0.1, 0.15) is 11.2 Å². The number of allylic oxidation sites excluding steroid dienone is 1. The fourth-order valence-corrected chi connectivity index (χ4v) is 7.19. The van der Waals surface area contributed by atoms with Crippen molar-refractivity contribution in [2.75, 3.05) is 0 Å². The van der Waals surface area contributed by atoms with E-state index in [0.717, 1.165) is 79.6 Å². The largest absolute Gasteiger partial charge is 0.456 e. The third-order valence-electron chi connectivity index (χ3n) is 9.98. The summed E-state index contributed by atoms with van der Waals surface area (Å²) in [5.74, 6) is 0.694. The molecule has 0 radical (unpaired) electrons. The molecule has 9 rings (SSSR count). The highest BCUT2D eigenvalue weighted by molar-refractivity contribution is 6.16. The fraction of sp³-hybridized carbons (Fsp3) is 0.0612. The highest BCUT2D eigenvalue weighted by Gasteiger charge is 2.19. The van der Waals surface area contributed by atoms with E-state index < -0.39 is 0 Å². The molecule has 0 spiro atoms. The Labute approximate surface area is 304 Å². The standard InChI is InChI=1S/C49H36N2O/c1-33-21-28-45(39-26-27-44-43-19-11-12-20-46(43)52-47(44)32-39)50-49(38-24-22-37(23-25-38)34-13-5-2-6-14-34)51-48(33)42-30-40(35-15-7-3-8-16-35)29-41(31-42)36-17-9-4-10-18-36/h2-20,22-27,29-32H,21,28H2,1H3/b48-33-,50-45+,51-49-. The molecule has 3 nitrogen and oxygen atoms in total. The SMILES string of the molecule is C/C1=C(c2cc(-c3ccccc3)cc(-c3ccccc3)c2)/N=C(c2ccc(-c3ccccc3)cc2)\N=C(\c2ccc3c(c2)oc2ccccc23)CC1. The number of hydrogen-bond donors (Lipinski definition) is 0. The Balaban J connectivity index is 1.21. The number of amidine groups is 1. The Bertz CT molecular complexity index is 2590. The van der Waals surface area contributed by atoms with Gasteiger partial charge in [0.25, 0.3) is 0 Å². The van der Waals surface area contributed by atoms with E-state index >= 15 is 0 Å². The predicted molar refractivity (Wildman–Crippen MR) is 218 cm³/mol. The van der Waals surface area contributed by atoms with Gasteiger partial charge in [0.15, 0.2) is 5.84 Å². The Morgan fingerprint density at radius 3 is 1.54 bits per heavy atom. The Kier molecular flexibility index (Phi) is 8.22. The van der Waals surface area contributed by atoms with Gasteiger partial charge in [-0.3, -0.25) is 0 Å². The average molecular weight is 669 g/mol. The molecule has 0 saturated heterocycles. The van der Waals surface area contributed by atoms with Crippen molar-refractivity contribution >= 4 is 39.2 Å². The van der Waals surface area contributed by atoms with Crippen LogP contribution in [0.3, 0.4) is 0 Å². The second-order valence-corrected chi connectivity index (χ2v) is 13.4. The zero-order chi connectivity index (χ0) is 34.9. The van der Waals surface area contributed by atoms with Crippen molar-refractivity contribution in [3.63, 3.8) is 0 Å². The zero-order valence-corrected chi connectivity index (χ0v) is 29.0.